The molecule has 1 aliphatic rings. The number of nitrogens with zero attached hydrogens (tertiary/aromatic N) is 1. The quantitative estimate of drug-likeness (QED) is 0.614. The van der Waals surface area contributed by atoms with Crippen LogP contribution in [0.3, 0.4) is 0 Å². The zero-order chi connectivity index (χ0) is 13.8. The fourth-order valence-corrected chi connectivity index (χ4v) is 2.93. The lowest BCUT2D eigenvalue weighted by molar-refractivity contribution is -0.149. The third-order valence-corrected chi connectivity index (χ3v) is 4.14. The summed E-state index contributed by atoms with van der Waals surface area (Å²) in [6, 6.07) is 3.64. The van der Waals surface area contributed by atoms with Gasteiger partial charge in [-0.2, -0.15) is 0 Å². The molecular weight excluding hydrogens is 262 g/mol. The number of amides is 2. The Labute approximate surface area is 116 Å². The third kappa shape index (κ3) is 3.50. The van der Waals surface area contributed by atoms with Crippen LogP contribution in [0.5, 0.6) is 0 Å². The molecule has 1 aromatic heterocycles. The molecule has 5 heteroatoms. The molecule has 1 saturated heterocycles. The van der Waals surface area contributed by atoms with Gasteiger partial charge >= 0.3 is 0 Å². The number of thiophene rings is 1. The Morgan fingerprint density at radius 1 is 1.37 bits per heavy atom. The lowest BCUT2D eigenvalue weighted by Gasteiger charge is -2.28. The lowest BCUT2D eigenvalue weighted by atomic mass is 9.97. The van der Waals surface area contributed by atoms with Gasteiger partial charge < -0.3 is 0 Å². The van der Waals surface area contributed by atoms with Crippen molar-refractivity contribution < 1.29 is 14.4 Å². The summed E-state index contributed by atoms with van der Waals surface area (Å²) >= 11 is 1.42. The largest absolute Gasteiger partial charge is 0.293 e. The smallest absolute Gasteiger partial charge is 0.229 e. The molecule has 0 spiro atoms. The molecule has 2 heterocycles. The molecule has 0 aromatic carbocycles. The van der Waals surface area contributed by atoms with Crippen LogP contribution >= 0.6 is 11.3 Å². The van der Waals surface area contributed by atoms with Gasteiger partial charge in [0, 0.05) is 25.8 Å². The summed E-state index contributed by atoms with van der Waals surface area (Å²) in [5.74, 6) is 0.0175. The van der Waals surface area contributed by atoms with Gasteiger partial charge in [0.2, 0.25) is 11.8 Å². The number of carbonyl (C=O) groups excluding carboxylic acids is 3. The second-order valence-corrected chi connectivity index (χ2v) is 5.90. The molecule has 1 aromatic rings. The van der Waals surface area contributed by atoms with Crippen LogP contribution in [-0.2, 0) is 9.59 Å². The van der Waals surface area contributed by atoms with Gasteiger partial charge in [-0.05, 0) is 23.8 Å². The second-order valence-electron chi connectivity index (χ2n) is 4.96. The van der Waals surface area contributed by atoms with Gasteiger partial charge in [-0.25, -0.2) is 0 Å². The fourth-order valence-electron chi connectivity index (χ4n) is 2.24. The number of imide groups is 1. The van der Waals surface area contributed by atoms with E-state index in [-0.39, 0.29) is 23.5 Å². The van der Waals surface area contributed by atoms with Crippen LogP contribution in [-0.4, -0.2) is 29.0 Å². The van der Waals surface area contributed by atoms with Crippen LogP contribution in [0.4, 0.5) is 0 Å². The molecule has 102 valence electrons. The molecule has 0 atom stereocenters. The highest BCUT2D eigenvalue weighted by molar-refractivity contribution is 7.12. The Morgan fingerprint density at radius 3 is 2.63 bits per heavy atom. The van der Waals surface area contributed by atoms with Gasteiger partial charge in [0.15, 0.2) is 5.78 Å². The minimum absolute atomic E-state index is 0.0836. The van der Waals surface area contributed by atoms with E-state index in [1.807, 2.05) is 18.4 Å². The number of ketones is 1. The van der Waals surface area contributed by atoms with Gasteiger partial charge in [0.25, 0.3) is 0 Å². The van der Waals surface area contributed by atoms with Crippen molar-refractivity contribution in [1.82, 2.24) is 4.90 Å². The van der Waals surface area contributed by atoms with E-state index in [1.54, 1.807) is 6.07 Å². The van der Waals surface area contributed by atoms with Gasteiger partial charge in [0.1, 0.15) is 0 Å². The number of rotatable bonds is 5. The summed E-state index contributed by atoms with van der Waals surface area (Å²) in [6.45, 7) is 2.27. The van der Waals surface area contributed by atoms with Crippen LogP contribution < -0.4 is 0 Å². The molecule has 0 saturated carbocycles. The van der Waals surface area contributed by atoms with Crippen molar-refractivity contribution >= 4 is 28.9 Å². The molecule has 2 rings (SSSR count). The molecule has 1 aliphatic heterocycles. The van der Waals surface area contributed by atoms with E-state index in [0.717, 1.165) is 4.88 Å². The monoisotopic (exact) mass is 279 g/mol. The van der Waals surface area contributed by atoms with Crippen LogP contribution in [0.1, 0.15) is 42.3 Å². The standard InChI is InChI=1S/C14H17NO3S/c1-10-8-13(17)15(14(18)9-10)6-2-4-11(16)12-5-3-7-19-12/h3,5,7,10H,2,4,6,8-9H2,1H3. The Morgan fingerprint density at radius 2 is 2.05 bits per heavy atom. The molecule has 0 N–H and O–H groups in total. The summed E-state index contributed by atoms with van der Waals surface area (Å²) in [4.78, 5) is 37.3. The molecule has 0 radical (unpaired) electrons. The van der Waals surface area contributed by atoms with E-state index < -0.39 is 0 Å². The van der Waals surface area contributed by atoms with Crippen molar-refractivity contribution in [2.24, 2.45) is 5.92 Å². The highest BCUT2D eigenvalue weighted by atomic mass is 32.1. The number of piperidine rings is 1. The van der Waals surface area contributed by atoms with Gasteiger partial charge in [0.05, 0.1) is 4.88 Å². The maximum atomic E-state index is 11.8. The molecular formula is C14H17NO3S. The first-order valence-corrected chi connectivity index (χ1v) is 7.36. The summed E-state index contributed by atoms with van der Waals surface area (Å²) in [6.07, 6.45) is 1.80. The van der Waals surface area contributed by atoms with Crippen molar-refractivity contribution in [1.29, 1.82) is 0 Å². The fraction of sp³-hybridized carbons (Fsp3) is 0.500. The molecule has 4 nitrogen and oxygen atoms in total. The maximum Gasteiger partial charge on any atom is 0.229 e. The summed E-state index contributed by atoms with van der Waals surface area (Å²) in [5, 5.41) is 1.87. The average molecular weight is 279 g/mol. The van der Waals surface area contributed by atoms with Gasteiger partial charge in [-0.3, -0.25) is 19.3 Å². The normalized spacial score (nSPS) is 17.0. The van der Waals surface area contributed by atoms with Crippen molar-refractivity contribution in [3.8, 4) is 0 Å². The van der Waals surface area contributed by atoms with Crippen LogP contribution in [0.25, 0.3) is 0 Å². The number of likely N-dealkylation sites (tertiary alicyclic amines) is 1. The van der Waals surface area contributed by atoms with Gasteiger partial charge in [-0.15, -0.1) is 11.3 Å². The predicted octanol–water partition coefficient (Wildman–Crippen LogP) is 2.50. The Kier molecular flexibility index (Phi) is 4.47. The zero-order valence-electron chi connectivity index (χ0n) is 10.9. The molecule has 0 aliphatic carbocycles. The predicted molar refractivity (Wildman–Crippen MR) is 73.0 cm³/mol. The van der Waals surface area contributed by atoms with E-state index in [0.29, 0.717) is 32.2 Å². The first kappa shape index (κ1) is 13.9. The number of hydrogen-bond acceptors (Lipinski definition) is 4. The summed E-state index contributed by atoms with van der Waals surface area (Å²) in [5.41, 5.74) is 0. The minimum Gasteiger partial charge on any atom is -0.293 e. The maximum absolute atomic E-state index is 11.8. The number of hydrogen-bond donors (Lipinski definition) is 0. The summed E-state index contributed by atoms with van der Waals surface area (Å²) < 4.78 is 0. The first-order valence-electron chi connectivity index (χ1n) is 6.48. The number of Topliss-reactive ketones (excluding diaryl/α,β-unsaturated/α-hetero) is 1. The van der Waals surface area contributed by atoms with Crippen molar-refractivity contribution in [2.45, 2.75) is 32.6 Å². The Bertz CT molecular complexity index is 463. The Balaban J connectivity index is 1.81. The van der Waals surface area contributed by atoms with Crippen LogP contribution in [0.15, 0.2) is 17.5 Å². The van der Waals surface area contributed by atoms with E-state index in [9.17, 15) is 14.4 Å². The minimum atomic E-state index is -0.104. The van der Waals surface area contributed by atoms with Crippen molar-refractivity contribution in [3.05, 3.63) is 22.4 Å². The van der Waals surface area contributed by atoms with Crippen LogP contribution in [0, 0.1) is 5.92 Å². The van der Waals surface area contributed by atoms with Crippen molar-refractivity contribution in [3.63, 3.8) is 0 Å². The SMILES string of the molecule is CC1CC(=O)N(CCCC(=O)c2cccs2)C(=O)C1. The van der Waals surface area contributed by atoms with E-state index in [1.165, 1.54) is 16.2 Å². The van der Waals surface area contributed by atoms with E-state index in [4.69, 9.17) is 0 Å². The number of carbonyl (C=O) groups is 3. The van der Waals surface area contributed by atoms with Gasteiger partial charge in [-0.1, -0.05) is 13.0 Å². The Hall–Kier alpha value is -1.49. The molecule has 0 bridgehead atoms. The highest BCUT2D eigenvalue weighted by Crippen LogP contribution is 2.19. The third-order valence-electron chi connectivity index (χ3n) is 3.23. The van der Waals surface area contributed by atoms with Crippen molar-refractivity contribution in [2.75, 3.05) is 6.54 Å². The first-order chi connectivity index (χ1) is 9.08. The van der Waals surface area contributed by atoms with E-state index >= 15 is 0 Å². The zero-order valence-corrected chi connectivity index (χ0v) is 11.7. The second kappa shape index (κ2) is 6.10. The summed E-state index contributed by atoms with van der Waals surface area (Å²) in [7, 11) is 0. The molecule has 2 amide bonds. The van der Waals surface area contributed by atoms with Crippen LogP contribution in [0.2, 0.25) is 0 Å². The topological polar surface area (TPSA) is 54.5 Å². The van der Waals surface area contributed by atoms with E-state index in [2.05, 4.69) is 0 Å². The molecule has 1 fully saturated rings. The molecule has 19 heavy (non-hydrogen) atoms. The molecule has 0 unspecified atom stereocenters. The highest BCUT2D eigenvalue weighted by Gasteiger charge is 2.29. The lowest BCUT2D eigenvalue weighted by Crippen LogP contribution is -2.43. The average Bonchev–Trinajstić information content (AvgIpc) is 2.85.